The molecule has 0 radical (unpaired) electrons. The maximum Gasteiger partial charge on any atom is 0.0841 e. The van der Waals surface area contributed by atoms with Gasteiger partial charge in [-0.25, -0.2) is 0 Å². The maximum atomic E-state index is 5.84. The molecular formula is C14H30N2O. The highest BCUT2D eigenvalue weighted by atomic mass is 16.5. The third-order valence-corrected chi connectivity index (χ3v) is 4.80. The van der Waals surface area contributed by atoms with E-state index in [1.54, 1.807) is 0 Å². The van der Waals surface area contributed by atoms with Crippen molar-refractivity contribution in [3.63, 3.8) is 0 Å². The molecule has 17 heavy (non-hydrogen) atoms. The van der Waals surface area contributed by atoms with Crippen LogP contribution in [0.5, 0.6) is 0 Å². The third-order valence-electron chi connectivity index (χ3n) is 4.80. The highest BCUT2D eigenvalue weighted by Gasteiger charge is 2.41. The first-order chi connectivity index (χ1) is 8.13. The van der Waals surface area contributed by atoms with Gasteiger partial charge in [-0.1, -0.05) is 33.6 Å². The van der Waals surface area contributed by atoms with Crippen molar-refractivity contribution in [2.24, 2.45) is 17.7 Å². The van der Waals surface area contributed by atoms with E-state index in [4.69, 9.17) is 10.6 Å². The van der Waals surface area contributed by atoms with Gasteiger partial charge in [0.1, 0.15) is 0 Å². The van der Waals surface area contributed by atoms with Crippen molar-refractivity contribution < 1.29 is 4.74 Å². The minimum Gasteiger partial charge on any atom is -0.377 e. The summed E-state index contributed by atoms with van der Waals surface area (Å²) in [6.45, 7) is 6.75. The van der Waals surface area contributed by atoms with Crippen molar-refractivity contribution in [3.8, 4) is 0 Å². The molecule has 3 heteroatoms. The number of ether oxygens (including phenoxy) is 1. The molecule has 1 rings (SSSR count). The van der Waals surface area contributed by atoms with Gasteiger partial charge in [-0.05, 0) is 37.5 Å². The SMILES string of the molecule is CCC(CC)(OC)C(NN)C1CCCC(C)C1. The van der Waals surface area contributed by atoms with Gasteiger partial charge in [0.25, 0.3) is 0 Å². The summed E-state index contributed by atoms with van der Waals surface area (Å²) in [5, 5.41) is 0. The number of hydrogen-bond donors (Lipinski definition) is 2. The van der Waals surface area contributed by atoms with E-state index in [1.165, 1.54) is 25.7 Å². The Morgan fingerprint density at radius 1 is 1.35 bits per heavy atom. The first kappa shape index (κ1) is 14.9. The molecule has 0 saturated heterocycles. The molecule has 1 fully saturated rings. The number of hydrazine groups is 1. The lowest BCUT2D eigenvalue weighted by molar-refractivity contribution is -0.0692. The van der Waals surface area contributed by atoms with Crippen molar-refractivity contribution >= 4 is 0 Å². The number of nitrogens with one attached hydrogen (secondary N) is 1. The second-order valence-corrected chi connectivity index (χ2v) is 5.65. The van der Waals surface area contributed by atoms with Crippen LogP contribution in [0.15, 0.2) is 0 Å². The minimum atomic E-state index is -0.101. The minimum absolute atomic E-state index is 0.101. The molecule has 1 aliphatic carbocycles. The summed E-state index contributed by atoms with van der Waals surface area (Å²) in [6, 6.07) is 0.283. The summed E-state index contributed by atoms with van der Waals surface area (Å²) in [4.78, 5) is 0. The zero-order valence-electron chi connectivity index (χ0n) is 12.0. The fourth-order valence-electron chi connectivity index (χ4n) is 3.61. The Labute approximate surface area is 106 Å². The Morgan fingerprint density at radius 2 is 2.00 bits per heavy atom. The van der Waals surface area contributed by atoms with E-state index < -0.39 is 0 Å². The summed E-state index contributed by atoms with van der Waals surface area (Å²) >= 11 is 0. The molecule has 0 aromatic rings. The van der Waals surface area contributed by atoms with Crippen molar-refractivity contribution in [2.45, 2.75) is 70.9 Å². The molecule has 0 bridgehead atoms. The number of methoxy groups -OCH3 is 1. The fraction of sp³-hybridized carbons (Fsp3) is 1.00. The van der Waals surface area contributed by atoms with E-state index in [9.17, 15) is 0 Å². The monoisotopic (exact) mass is 242 g/mol. The van der Waals surface area contributed by atoms with Crippen molar-refractivity contribution in [1.82, 2.24) is 5.43 Å². The first-order valence-electron chi connectivity index (χ1n) is 7.14. The van der Waals surface area contributed by atoms with Crippen LogP contribution in [0.1, 0.15) is 59.3 Å². The average Bonchev–Trinajstić information content (AvgIpc) is 2.36. The largest absolute Gasteiger partial charge is 0.377 e. The van der Waals surface area contributed by atoms with Gasteiger partial charge in [-0.3, -0.25) is 11.3 Å². The van der Waals surface area contributed by atoms with E-state index in [1.807, 2.05) is 7.11 Å². The highest BCUT2D eigenvalue weighted by Crippen LogP contribution is 2.37. The number of rotatable bonds is 6. The Hall–Kier alpha value is -0.120. The molecule has 0 amide bonds. The van der Waals surface area contributed by atoms with E-state index in [-0.39, 0.29) is 11.6 Å². The average molecular weight is 242 g/mol. The molecule has 3 unspecified atom stereocenters. The Balaban J connectivity index is 2.80. The van der Waals surface area contributed by atoms with Crippen molar-refractivity contribution in [1.29, 1.82) is 0 Å². The van der Waals surface area contributed by atoms with Gasteiger partial charge in [-0.15, -0.1) is 0 Å². The predicted molar refractivity (Wildman–Crippen MR) is 72.6 cm³/mol. The van der Waals surface area contributed by atoms with E-state index in [0.29, 0.717) is 5.92 Å². The summed E-state index contributed by atoms with van der Waals surface area (Å²) in [5.74, 6) is 7.31. The molecule has 102 valence electrons. The van der Waals surface area contributed by atoms with Crippen LogP contribution in [-0.2, 0) is 4.74 Å². The molecule has 0 heterocycles. The van der Waals surface area contributed by atoms with E-state index in [0.717, 1.165) is 18.8 Å². The van der Waals surface area contributed by atoms with Crippen LogP contribution >= 0.6 is 0 Å². The zero-order chi connectivity index (χ0) is 12.9. The molecule has 1 aliphatic rings. The lowest BCUT2D eigenvalue weighted by atomic mass is 9.72. The Kier molecular flexibility index (Phi) is 5.90. The van der Waals surface area contributed by atoms with Crippen LogP contribution < -0.4 is 11.3 Å². The molecule has 3 atom stereocenters. The van der Waals surface area contributed by atoms with Gasteiger partial charge >= 0.3 is 0 Å². The van der Waals surface area contributed by atoms with Gasteiger partial charge in [0.2, 0.25) is 0 Å². The molecule has 1 saturated carbocycles. The molecule has 0 aromatic carbocycles. The molecule has 0 aliphatic heterocycles. The van der Waals surface area contributed by atoms with Crippen LogP contribution in [0.3, 0.4) is 0 Å². The van der Waals surface area contributed by atoms with Crippen molar-refractivity contribution in [3.05, 3.63) is 0 Å². The Bertz CT molecular complexity index is 208. The second kappa shape index (κ2) is 6.72. The van der Waals surface area contributed by atoms with Gasteiger partial charge in [0.05, 0.1) is 11.6 Å². The summed E-state index contributed by atoms with van der Waals surface area (Å²) in [6.07, 6.45) is 7.28. The maximum absolute atomic E-state index is 5.84. The normalized spacial score (nSPS) is 28.1. The number of hydrogen-bond acceptors (Lipinski definition) is 3. The highest BCUT2D eigenvalue weighted by molar-refractivity contribution is 4.95. The molecular weight excluding hydrogens is 212 g/mol. The lowest BCUT2D eigenvalue weighted by Gasteiger charge is -2.44. The summed E-state index contributed by atoms with van der Waals surface area (Å²) in [5.41, 5.74) is 2.96. The molecule has 0 aromatic heterocycles. The molecule has 3 nitrogen and oxygen atoms in total. The van der Waals surface area contributed by atoms with Gasteiger partial charge < -0.3 is 4.74 Å². The summed E-state index contributed by atoms with van der Waals surface area (Å²) < 4.78 is 5.84. The van der Waals surface area contributed by atoms with Gasteiger partial charge in [-0.2, -0.15) is 0 Å². The fourth-order valence-corrected chi connectivity index (χ4v) is 3.61. The van der Waals surface area contributed by atoms with Crippen LogP contribution in [0.2, 0.25) is 0 Å². The van der Waals surface area contributed by atoms with Crippen LogP contribution in [-0.4, -0.2) is 18.8 Å². The van der Waals surface area contributed by atoms with Gasteiger partial charge in [0.15, 0.2) is 0 Å². The van der Waals surface area contributed by atoms with Gasteiger partial charge in [0, 0.05) is 7.11 Å². The smallest absolute Gasteiger partial charge is 0.0841 e. The Morgan fingerprint density at radius 3 is 2.41 bits per heavy atom. The quantitative estimate of drug-likeness (QED) is 0.556. The molecule has 3 N–H and O–H groups in total. The van der Waals surface area contributed by atoms with Crippen LogP contribution in [0.4, 0.5) is 0 Å². The summed E-state index contributed by atoms with van der Waals surface area (Å²) in [7, 11) is 1.82. The van der Waals surface area contributed by atoms with Crippen LogP contribution in [0.25, 0.3) is 0 Å². The second-order valence-electron chi connectivity index (χ2n) is 5.65. The van der Waals surface area contributed by atoms with E-state index in [2.05, 4.69) is 26.2 Å². The lowest BCUT2D eigenvalue weighted by Crippen LogP contribution is -2.58. The molecule has 0 spiro atoms. The predicted octanol–water partition coefficient (Wildman–Crippen LogP) is 2.85. The topological polar surface area (TPSA) is 47.3 Å². The number of nitrogens with two attached hydrogens (primary N) is 1. The zero-order valence-corrected chi connectivity index (χ0v) is 12.0. The van der Waals surface area contributed by atoms with Crippen molar-refractivity contribution in [2.75, 3.05) is 7.11 Å². The first-order valence-corrected chi connectivity index (χ1v) is 7.14. The standard InChI is InChI=1S/C14H30N2O/c1-5-14(6-2,17-4)13(16-15)12-9-7-8-11(3)10-12/h11-13,16H,5-10,15H2,1-4H3. The third kappa shape index (κ3) is 3.21. The van der Waals surface area contributed by atoms with E-state index >= 15 is 0 Å². The van der Waals surface area contributed by atoms with Crippen LogP contribution in [0, 0.1) is 11.8 Å².